The minimum absolute atomic E-state index is 0.0119. The molecule has 0 radical (unpaired) electrons. The number of aryl methyl sites for hydroxylation is 1. The van der Waals surface area contributed by atoms with Crippen molar-refractivity contribution in [2.24, 2.45) is 0 Å². The fourth-order valence-electron chi connectivity index (χ4n) is 2.78. The van der Waals surface area contributed by atoms with E-state index in [0.717, 1.165) is 5.56 Å². The van der Waals surface area contributed by atoms with E-state index in [1.165, 1.54) is 38.5 Å². The molecule has 2 aromatic carbocycles. The summed E-state index contributed by atoms with van der Waals surface area (Å²) in [5.41, 5.74) is 1.18. The number of alkyl halides is 2. The number of halogens is 2. The first-order valence-corrected chi connectivity index (χ1v) is 9.37. The van der Waals surface area contributed by atoms with Gasteiger partial charge in [-0.2, -0.15) is 13.8 Å². The number of phenolic OH excluding ortho intramolecular Hbond substituents is 1. The van der Waals surface area contributed by atoms with Gasteiger partial charge in [0.05, 0.1) is 14.2 Å². The van der Waals surface area contributed by atoms with E-state index in [1.54, 1.807) is 12.1 Å². The van der Waals surface area contributed by atoms with Gasteiger partial charge in [-0.05, 0) is 42.3 Å². The first kappa shape index (κ1) is 22.8. The number of methoxy groups -OCH3 is 2. The summed E-state index contributed by atoms with van der Waals surface area (Å²) in [5.74, 6) is 0.00272. The second kappa shape index (κ2) is 10.4. The highest BCUT2D eigenvalue weighted by Gasteiger charge is 2.16. The maximum Gasteiger partial charge on any atom is 0.387 e. The Labute approximate surface area is 181 Å². The average molecular weight is 450 g/mol. The van der Waals surface area contributed by atoms with Crippen LogP contribution in [0.4, 0.5) is 8.78 Å². The zero-order valence-electron chi connectivity index (χ0n) is 17.2. The molecule has 0 aliphatic rings. The van der Waals surface area contributed by atoms with E-state index < -0.39 is 12.6 Å². The van der Waals surface area contributed by atoms with E-state index in [-0.39, 0.29) is 42.0 Å². The summed E-state index contributed by atoms with van der Waals surface area (Å²) in [4.78, 5) is 16.1. The number of aromatic nitrogens is 2. The van der Waals surface area contributed by atoms with Crippen LogP contribution in [0.1, 0.15) is 17.9 Å². The third-order valence-corrected chi connectivity index (χ3v) is 4.32. The highest BCUT2D eigenvalue weighted by atomic mass is 19.3. The van der Waals surface area contributed by atoms with Crippen molar-refractivity contribution in [1.82, 2.24) is 10.1 Å². The number of carbonyl (C=O) groups excluding carboxylic acids is 1. The van der Waals surface area contributed by atoms with E-state index >= 15 is 0 Å². The quantitative estimate of drug-likeness (QED) is 0.462. The van der Waals surface area contributed by atoms with Gasteiger partial charge in [-0.25, -0.2) is 0 Å². The Morgan fingerprint density at radius 1 is 1.09 bits per heavy atom. The standard InChI is InChI=1S/C21H20F2N2O7/c1-28-15-6-3-12(9-14(15)26)4-8-19(27)30-11-18-24-20(25-32-18)13-5-7-16(31-21(22)23)17(10-13)29-2/h3,5-7,9-10,21,26H,4,8,11H2,1-2H3. The SMILES string of the molecule is COc1ccc(CCC(=O)OCc2nc(-c3ccc(OC(F)F)c(OC)c3)no2)cc1O. The number of phenols is 1. The molecule has 0 unspecified atom stereocenters. The molecule has 0 aliphatic carbocycles. The van der Waals surface area contributed by atoms with Crippen molar-refractivity contribution in [3.8, 4) is 34.4 Å². The van der Waals surface area contributed by atoms with Gasteiger partial charge in [-0.15, -0.1) is 0 Å². The number of ether oxygens (including phenoxy) is 4. The van der Waals surface area contributed by atoms with Crippen molar-refractivity contribution < 1.29 is 42.2 Å². The summed E-state index contributed by atoms with van der Waals surface area (Å²) < 4.78 is 49.5. The number of hydrogen-bond acceptors (Lipinski definition) is 9. The lowest BCUT2D eigenvalue weighted by Gasteiger charge is -2.10. The average Bonchev–Trinajstić information content (AvgIpc) is 3.25. The number of nitrogens with zero attached hydrogens (tertiary/aromatic N) is 2. The summed E-state index contributed by atoms with van der Waals surface area (Å²) in [7, 11) is 2.76. The van der Waals surface area contributed by atoms with Crippen molar-refractivity contribution in [3.05, 3.63) is 47.9 Å². The van der Waals surface area contributed by atoms with E-state index in [2.05, 4.69) is 14.9 Å². The van der Waals surface area contributed by atoms with Crippen LogP contribution in [0, 0.1) is 0 Å². The molecule has 9 nitrogen and oxygen atoms in total. The molecule has 1 heterocycles. The third kappa shape index (κ3) is 5.84. The number of esters is 1. The number of aromatic hydroxyl groups is 1. The van der Waals surface area contributed by atoms with Crippen LogP contribution in [-0.4, -0.2) is 42.0 Å². The number of carbonyl (C=O) groups is 1. The Hall–Kier alpha value is -3.89. The molecule has 1 N–H and O–H groups in total. The molecule has 0 amide bonds. The molecule has 1 aromatic heterocycles. The Morgan fingerprint density at radius 3 is 2.53 bits per heavy atom. The largest absolute Gasteiger partial charge is 0.504 e. The van der Waals surface area contributed by atoms with Gasteiger partial charge in [-0.3, -0.25) is 4.79 Å². The van der Waals surface area contributed by atoms with Crippen LogP contribution in [0.3, 0.4) is 0 Å². The molecule has 32 heavy (non-hydrogen) atoms. The van der Waals surface area contributed by atoms with Gasteiger partial charge in [0.1, 0.15) is 0 Å². The first-order chi connectivity index (χ1) is 15.4. The molecule has 0 saturated heterocycles. The monoisotopic (exact) mass is 450 g/mol. The van der Waals surface area contributed by atoms with Gasteiger partial charge in [0.2, 0.25) is 5.82 Å². The Kier molecular flexibility index (Phi) is 7.42. The van der Waals surface area contributed by atoms with Gasteiger partial charge in [0, 0.05) is 12.0 Å². The minimum Gasteiger partial charge on any atom is -0.504 e. The number of benzene rings is 2. The molecule has 0 saturated carbocycles. The Balaban J connectivity index is 1.55. The first-order valence-electron chi connectivity index (χ1n) is 9.37. The second-order valence-corrected chi connectivity index (χ2v) is 6.42. The van der Waals surface area contributed by atoms with Gasteiger partial charge >= 0.3 is 12.6 Å². The van der Waals surface area contributed by atoms with Crippen molar-refractivity contribution in [2.75, 3.05) is 14.2 Å². The van der Waals surface area contributed by atoms with Crippen LogP contribution in [0.25, 0.3) is 11.4 Å². The molecule has 0 fully saturated rings. The fraction of sp³-hybridized carbons (Fsp3) is 0.286. The molecule has 0 bridgehead atoms. The predicted octanol–water partition coefficient (Wildman–Crippen LogP) is 3.74. The zero-order chi connectivity index (χ0) is 23.1. The van der Waals surface area contributed by atoms with E-state index in [0.29, 0.717) is 17.7 Å². The number of rotatable bonds is 10. The van der Waals surface area contributed by atoms with Crippen molar-refractivity contribution >= 4 is 5.97 Å². The minimum atomic E-state index is -2.99. The smallest absolute Gasteiger partial charge is 0.387 e. The second-order valence-electron chi connectivity index (χ2n) is 6.42. The van der Waals surface area contributed by atoms with Crippen LogP contribution in [-0.2, 0) is 22.6 Å². The molecule has 0 atom stereocenters. The van der Waals surface area contributed by atoms with E-state index in [1.807, 2.05) is 0 Å². The summed E-state index contributed by atoms with van der Waals surface area (Å²) in [5, 5.41) is 13.6. The maximum absolute atomic E-state index is 12.4. The van der Waals surface area contributed by atoms with Gasteiger partial charge in [0.25, 0.3) is 5.89 Å². The lowest BCUT2D eigenvalue weighted by Crippen LogP contribution is -2.06. The fourth-order valence-corrected chi connectivity index (χ4v) is 2.78. The lowest BCUT2D eigenvalue weighted by atomic mass is 10.1. The normalized spacial score (nSPS) is 10.8. The summed E-state index contributed by atoms with van der Waals surface area (Å²) in [6.07, 6.45) is 0.438. The van der Waals surface area contributed by atoms with Crippen LogP contribution in [0.2, 0.25) is 0 Å². The van der Waals surface area contributed by atoms with E-state index in [9.17, 15) is 18.7 Å². The molecule has 0 spiro atoms. The van der Waals surface area contributed by atoms with Crippen molar-refractivity contribution in [1.29, 1.82) is 0 Å². The Morgan fingerprint density at radius 2 is 1.84 bits per heavy atom. The van der Waals surface area contributed by atoms with Crippen molar-refractivity contribution in [2.45, 2.75) is 26.1 Å². The highest BCUT2D eigenvalue weighted by Crippen LogP contribution is 2.32. The van der Waals surface area contributed by atoms with Crippen molar-refractivity contribution in [3.63, 3.8) is 0 Å². The summed E-state index contributed by atoms with van der Waals surface area (Å²) in [6, 6.07) is 9.04. The zero-order valence-corrected chi connectivity index (χ0v) is 17.2. The molecule has 0 aliphatic heterocycles. The predicted molar refractivity (Wildman–Crippen MR) is 106 cm³/mol. The van der Waals surface area contributed by atoms with Crippen LogP contribution in [0.15, 0.2) is 40.9 Å². The molecular formula is C21H20F2N2O7. The highest BCUT2D eigenvalue weighted by molar-refractivity contribution is 5.69. The van der Waals surface area contributed by atoms with Gasteiger partial charge < -0.3 is 28.6 Å². The molecular weight excluding hydrogens is 430 g/mol. The van der Waals surface area contributed by atoms with Crippen LogP contribution in [0.5, 0.6) is 23.0 Å². The van der Waals surface area contributed by atoms with Crippen LogP contribution >= 0.6 is 0 Å². The van der Waals surface area contributed by atoms with Gasteiger partial charge in [0.15, 0.2) is 29.6 Å². The maximum atomic E-state index is 12.4. The topological polar surface area (TPSA) is 113 Å². The number of hydrogen-bond donors (Lipinski definition) is 1. The third-order valence-electron chi connectivity index (χ3n) is 4.32. The van der Waals surface area contributed by atoms with Crippen LogP contribution < -0.4 is 14.2 Å². The molecule has 3 aromatic rings. The molecule has 11 heteroatoms. The Bertz CT molecular complexity index is 1070. The molecule has 170 valence electrons. The molecule has 3 rings (SSSR count). The summed E-state index contributed by atoms with van der Waals surface area (Å²) in [6.45, 7) is -3.22. The van der Waals surface area contributed by atoms with Gasteiger partial charge in [-0.1, -0.05) is 11.2 Å². The lowest BCUT2D eigenvalue weighted by molar-refractivity contribution is -0.145. The summed E-state index contributed by atoms with van der Waals surface area (Å²) >= 11 is 0. The van der Waals surface area contributed by atoms with E-state index in [4.69, 9.17) is 18.7 Å².